The van der Waals surface area contributed by atoms with Gasteiger partial charge in [-0.15, -0.1) is 0 Å². The topological polar surface area (TPSA) is 76.0 Å². The SMILES string of the molecule is Cn1cc(/C=C\C(=O)NNC(=O)C23CC4CC(CC(C4)C2)C3)cn1. The lowest BCUT2D eigenvalue weighted by atomic mass is 9.49. The summed E-state index contributed by atoms with van der Waals surface area (Å²) < 4.78 is 1.67. The van der Waals surface area contributed by atoms with Gasteiger partial charge in [-0.1, -0.05) is 0 Å². The Morgan fingerprint density at radius 1 is 1.17 bits per heavy atom. The molecule has 0 aromatic carbocycles. The van der Waals surface area contributed by atoms with Crippen molar-refractivity contribution in [2.75, 3.05) is 0 Å². The fourth-order valence-corrected chi connectivity index (χ4v) is 5.38. The lowest BCUT2D eigenvalue weighted by Crippen LogP contribution is -2.56. The van der Waals surface area contributed by atoms with E-state index in [0.29, 0.717) is 17.8 Å². The van der Waals surface area contributed by atoms with E-state index < -0.39 is 0 Å². The average Bonchev–Trinajstić information content (AvgIpc) is 2.95. The van der Waals surface area contributed by atoms with Crippen LogP contribution in [0.4, 0.5) is 0 Å². The Morgan fingerprint density at radius 3 is 2.33 bits per heavy atom. The summed E-state index contributed by atoms with van der Waals surface area (Å²) in [6, 6.07) is 0. The third-order valence-corrected chi connectivity index (χ3v) is 5.97. The van der Waals surface area contributed by atoms with E-state index >= 15 is 0 Å². The Labute approximate surface area is 141 Å². The molecule has 4 saturated carbocycles. The molecule has 4 fully saturated rings. The molecule has 5 rings (SSSR count). The second-order valence-electron chi connectivity index (χ2n) is 7.92. The van der Waals surface area contributed by atoms with Crippen LogP contribution in [0.25, 0.3) is 6.08 Å². The third kappa shape index (κ3) is 2.85. The minimum atomic E-state index is -0.322. The number of carbonyl (C=O) groups excluding carboxylic acids is 2. The summed E-state index contributed by atoms with van der Waals surface area (Å²) in [5.41, 5.74) is 5.81. The van der Waals surface area contributed by atoms with Gasteiger partial charge < -0.3 is 0 Å². The van der Waals surface area contributed by atoms with Gasteiger partial charge in [-0.05, 0) is 62.4 Å². The van der Waals surface area contributed by atoms with Crippen LogP contribution < -0.4 is 10.9 Å². The molecule has 0 saturated heterocycles. The summed E-state index contributed by atoms with van der Waals surface area (Å²) in [6.45, 7) is 0. The maximum absolute atomic E-state index is 12.7. The van der Waals surface area contributed by atoms with Gasteiger partial charge in [0.1, 0.15) is 0 Å². The van der Waals surface area contributed by atoms with Crippen molar-refractivity contribution >= 4 is 17.9 Å². The van der Waals surface area contributed by atoms with Gasteiger partial charge in [-0.3, -0.25) is 25.1 Å². The first kappa shape index (κ1) is 15.4. The predicted octanol–water partition coefficient (Wildman–Crippen LogP) is 1.80. The minimum absolute atomic E-state index is 0.00438. The zero-order chi connectivity index (χ0) is 16.7. The molecule has 0 radical (unpaired) electrons. The molecule has 1 heterocycles. The van der Waals surface area contributed by atoms with E-state index in [1.165, 1.54) is 25.3 Å². The normalized spacial score (nSPS) is 33.8. The lowest BCUT2D eigenvalue weighted by Gasteiger charge is -2.55. The molecular formula is C18H24N4O2. The first-order chi connectivity index (χ1) is 11.5. The molecule has 4 aliphatic rings. The van der Waals surface area contributed by atoms with Crippen molar-refractivity contribution < 1.29 is 9.59 Å². The first-order valence-electron chi connectivity index (χ1n) is 8.79. The number of hydrogen-bond donors (Lipinski definition) is 2. The first-order valence-corrected chi connectivity index (χ1v) is 8.79. The molecule has 1 aromatic heterocycles. The molecule has 128 valence electrons. The van der Waals surface area contributed by atoms with Crippen LogP contribution in [0.15, 0.2) is 18.5 Å². The monoisotopic (exact) mass is 328 g/mol. The van der Waals surface area contributed by atoms with Crippen molar-refractivity contribution in [3.8, 4) is 0 Å². The highest BCUT2D eigenvalue weighted by molar-refractivity contribution is 5.93. The molecular weight excluding hydrogens is 304 g/mol. The summed E-state index contributed by atoms with van der Waals surface area (Å²) >= 11 is 0. The fourth-order valence-electron chi connectivity index (χ4n) is 5.38. The van der Waals surface area contributed by atoms with Gasteiger partial charge in [-0.2, -0.15) is 5.10 Å². The maximum atomic E-state index is 12.7. The summed E-state index contributed by atoms with van der Waals surface area (Å²) in [5, 5.41) is 4.04. The van der Waals surface area contributed by atoms with Crippen LogP contribution in [0, 0.1) is 23.2 Å². The second kappa shape index (κ2) is 5.76. The van der Waals surface area contributed by atoms with E-state index in [0.717, 1.165) is 24.8 Å². The highest BCUT2D eigenvalue weighted by Gasteiger charge is 2.54. The number of carbonyl (C=O) groups is 2. The van der Waals surface area contributed by atoms with Gasteiger partial charge in [0.15, 0.2) is 0 Å². The fraction of sp³-hybridized carbons (Fsp3) is 0.611. The van der Waals surface area contributed by atoms with E-state index in [1.807, 2.05) is 13.2 Å². The van der Waals surface area contributed by atoms with E-state index in [-0.39, 0.29) is 17.2 Å². The highest BCUT2D eigenvalue weighted by atomic mass is 16.2. The molecule has 6 nitrogen and oxygen atoms in total. The van der Waals surface area contributed by atoms with Crippen LogP contribution >= 0.6 is 0 Å². The zero-order valence-electron chi connectivity index (χ0n) is 14.0. The van der Waals surface area contributed by atoms with E-state index in [4.69, 9.17) is 0 Å². The number of nitrogens with one attached hydrogen (secondary N) is 2. The van der Waals surface area contributed by atoms with Crippen molar-refractivity contribution in [1.82, 2.24) is 20.6 Å². The van der Waals surface area contributed by atoms with Crippen LogP contribution in [-0.4, -0.2) is 21.6 Å². The maximum Gasteiger partial charge on any atom is 0.262 e. The lowest BCUT2D eigenvalue weighted by molar-refractivity contribution is -0.148. The molecule has 1 aromatic rings. The molecule has 24 heavy (non-hydrogen) atoms. The van der Waals surface area contributed by atoms with Crippen LogP contribution in [0.5, 0.6) is 0 Å². The molecule has 2 amide bonds. The standard InChI is InChI=1S/C18H24N4O2/c1-22-11-12(10-19-22)2-3-16(23)20-21-17(24)18-7-13-4-14(8-18)6-15(5-13)9-18/h2-3,10-11,13-15H,4-9H2,1H3,(H,20,23)(H,21,24)/b3-2-. The van der Waals surface area contributed by atoms with Gasteiger partial charge >= 0.3 is 0 Å². The van der Waals surface area contributed by atoms with Crippen LogP contribution in [-0.2, 0) is 16.6 Å². The number of amides is 2. The molecule has 0 spiro atoms. The van der Waals surface area contributed by atoms with Crippen LogP contribution in [0.3, 0.4) is 0 Å². The summed E-state index contributed by atoms with van der Waals surface area (Å²) in [7, 11) is 1.82. The van der Waals surface area contributed by atoms with Gasteiger partial charge in [-0.25, -0.2) is 0 Å². The third-order valence-electron chi connectivity index (χ3n) is 5.97. The van der Waals surface area contributed by atoms with Gasteiger partial charge in [0.25, 0.3) is 5.91 Å². The molecule has 0 aliphatic heterocycles. The Kier molecular flexibility index (Phi) is 3.70. The predicted molar refractivity (Wildman–Crippen MR) is 89.1 cm³/mol. The summed E-state index contributed by atoms with van der Waals surface area (Å²) in [5.74, 6) is 1.82. The molecule has 6 heteroatoms. The number of aromatic nitrogens is 2. The Morgan fingerprint density at radius 2 is 1.79 bits per heavy atom. The van der Waals surface area contributed by atoms with Gasteiger partial charge in [0.2, 0.25) is 5.91 Å². The van der Waals surface area contributed by atoms with E-state index in [1.54, 1.807) is 17.0 Å². The number of rotatable bonds is 3. The van der Waals surface area contributed by atoms with E-state index in [2.05, 4.69) is 16.0 Å². The highest BCUT2D eigenvalue weighted by Crippen LogP contribution is 2.59. The number of hydrogen-bond acceptors (Lipinski definition) is 3. The van der Waals surface area contributed by atoms with Crippen molar-refractivity contribution in [3.63, 3.8) is 0 Å². The smallest absolute Gasteiger partial charge is 0.262 e. The molecule has 2 N–H and O–H groups in total. The Hall–Kier alpha value is -2.11. The molecule has 4 bridgehead atoms. The van der Waals surface area contributed by atoms with Crippen LogP contribution in [0.2, 0.25) is 0 Å². The number of hydrazine groups is 1. The Balaban J connectivity index is 1.33. The molecule has 4 aliphatic carbocycles. The van der Waals surface area contributed by atoms with Gasteiger partial charge in [0, 0.05) is 24.9 Å². The minimum Gasteiger partial charge on any atom is -0.275 e. The van der Waals surface area contributed by atoms with Gasteiger partial charge in [0.05, 0.1) is 11.6 Å². The number of nitrogens with zero attached hydrogens (tertiary/aromatic N) is 2. The van der Waals surface area contributed by atoms with Crippen LogP contribution in [0.1, 0.15) is 44.1 Å². The second-order valence-corrected chi connectivity index (χ2v) is 7.92. The quantitative estimate of drug-likeness (QED) is 0.656. The van der Waals surface area contributed by atoms with Crippen molar-refractivity contribution in [2.24, 2.45) is 30.2 Å². The van der Waals surface area contributed by atoms with Crippen molar-refractivity contribution in [1.29, 1.82) is 0 Å². The van der Waals surface area contributed by atoms with Crippen molar-refractivity contribution in [3.05, 3.63) is 24.0 Å². The molecule has 0 unspecified atom stereocenters. The number of aryl methyl sites for hydroxylation is 1. The summed E-state index contributed by atoms with van der Waals surface area (Å²) in [4.78, 5) is 24.6. The molecule has 0 atom stereocenters. The average molecular weight is 328 g/mol. The summed E-state index contributed by atoms with van der Waals surface area (Å²) in [6.07, 6.45) is 13.5. The Bertz CT molecular complexity index is 656. The zero-order valence-corrected chi connectivity index (χ0v) is 14.0. The largest absolute Gasteiger partial charge is 0.275 e. The van der Waals surface area contributed by atoms with Crippen molar-refractivity contribution in [2.45, 2.75) is 38.5 Å². The van der Waals surface area contributed by atoms with E-state index in [9.17, 15) is 9.59 Å².